The van der Waals surface area contributed by atoms with Crippen LogP contribution in [-0.4, -0.2) is 66.6 Å². The standard InChI is InChI=1S/C35H44N2O8S2/c1-25-16-18-29-28(23-25)35(4,20-11-7-10-15-33(38)39)32(36(29)5)14-9-6-8-13-31-34(2,3)27-24-26(47(43,44)45)17-19-30(27)37(31)21-12-22-46(40,41)42/h6,8-9,13-14,16-19,23-24H,7,10-12,15,20-22H2,1-5H3,(H2-,38,39,40,41,42,43,44,45)/p-1. The molecule has 2 aliphatic heterocycles. The van der Waals surface area contributed by atoms with E-state index in [1.54, 1.807) is 6.07 Å². The number of fused-ring (bicyclic) bond motifs is 2. The first-order chi connectivity index (χ1) is 21.9. The minimum Gasteiger partial charge on any atom is -0.748 e. The molecule has 0 fully saturated rings. The monoisotopic (exact) mass is 683 g/mol. The van der Waals surface area contributed by atoms with Crippen molar-refractivity contribution >= 4 is 43.3 Å². The van der Waals surface area contributed by atoms with E-state index in [9.17, 15) is 30.7 Å². The topological polar surface area (TPSA) is 158 Å². The van der Waals surface area contributed by atoms with Crippen LogP contribution in [0.5, 0.6) is 0 Å². The third kappa shape index (κ3) is 8.11. The highest BCUT2D eigenvalue weighted by molar-refractivity contribution is 7.86. The van der Waals surface area contributed by atoms with Gasteiger partial charge < -0.3 is 19.1 Å². The largest absolute Gasteiger partial charge is 0.748 e. The van der Waals surface area contributed by atoms with E-state index in [1.807, 2.05) is 49.8 Å². The van der Waals surface area contributed by atoms with Gasteiger partial charge in [-0.05, 0) is 70.4 Å². The molecule has 10 nitrogen and oxygen atoms in total. The number of benzene rings is 2. The van der Waals surface area contributed by atoms with Gasteiger partial charge >= 0.3 is 5.97 Å². The predicted octanol–water partition coefficient (Wildman–Crippen LogP) is 5.65. The molecule has 2 heterocycles. The number of likely N-dealkylation sites (N-methyl/N-ethyl adjacent to an activating group) is 1. The van der Waals surface area contributed by atoms with Crippen molar-refractivity contribution in [3.8, 4) is 0 Å². The highest BCUT2D eigenvalue weighted by atomic mass is 32.2. The average Bonchev–Trinajstić information content (AvgIpc) is 3.30. The molecule has 0 bridgehead atoms. The SMILES string of the molecule is Cc1ccc2c(c1)C(C)(CCCCCC(=O)O)C(=CC=CC=CC1=[N+](CCCS(=O)(=O)[O-])c3ccc(S(=O)(=O)[O-])cc3C1(C)C)N2C. The molecule has 0 amide bonds. The number of carbonyl (C=O) groups is 1. The normalized spacial score (nSPS) is 20.1. The summed E-state index contributed by atoms with van der Waals surface area (Å²) in [5.41, 5.74) is 5.70. The fraction of sp³-hybridized carbons (Fsp3) is 0.429. The second kappa shape index (κ2) is 13.9. The van der Waals surface area contributed by atoms with Crippen LogP contribution in [-0.2, 0) is 35.9 Å². The Kier molecular flexibility index (Phi) is 10.7. The molecular weight excluding hydrogens is 641 g/mol. The van der Waals surface area contributed by atoms with Gasteiger partial charge in [0.15, 0.2) is 5.71 Å². The fourth-order valence-electron chi connectivity index (χ4n) is 6.82. The van der Waals surface area contributed by atoms with Crippen molar-refractivity contribution in [2.75, 3.05) is 24.2 Å². The number of rotatable bonds is 14. The Morgan fingerprint density at radius 1 is 0.936 bits per heavy atom. The number of unbranched alkanes of at least 4 members (excludes halogenated alkanes) is 2. The third-order valence-corrected chi connectivity index (χ3v) is 10.9. The second-order valence-electron chi connectivity index (χ2n) is 13.1. The number of hydrogen-bond acceptors (Lipinski definition) is 8. The third-order valence-electron chi connectivity index (χ3n) is 9.26. The van der Waals surface area contributed by atoms with E-state index in [-0.39, 0.29) is 29.7 Å². The lowest BCUT2D eigenvalue weighted by Crippen LogP contribution is -2.28. The first kappa shape index (κ1) is 36.3. The summed E-state index contributed by atoms with van der Waals surface area (Å²) >= 11 is 0. The van der Waals surface area contributed by atoms with Crippen LogP contribution in [0, 0.1) is 6.92 Å². The number of anilines is 1. The van der Waals surface area contributed by atoms with Crippen LogP contribution < -0.4 is 4.90 Å². The minimum absolute atomic E-state index is 0.0729. The van der Waals surface area contributed by atoms with E-state index in [4.69, 9.17) is 5.11 Å². The number of aliphatic carboxylic acids is 1. The number of hydrogen-bond donors (Lipinski definition) is 1. The first-order valence-electron chi connectivity index (χ1n) is 15.7. The van der Waals surface area contributed by atoms with Crippen LogP contribution in [0.2, 0.25) is 0 Å². The fourth-order valence-corrected chi connectivity index (χ4v) is 7.80. The molecule has 0 saturated carbocycles. The maximum Gasteiger partial charge on any atom is 0.303 e. The van der Waals surface area contributed by atoms with E-state index in [2.05, 4.69) is 43.0 Å². The zero-order chi connectivity index (χ0) is 34.8. The molecule has 0 aliphatic carbocycles. The first-order valence-corrected chi connectivity index (χ1v) is 18.7. The van der Waals surface area contributed by atoms with Gasteiger partial charge in [0.25, 0.3) is 0 Å². The molecule has 4 rings (SSSR count). The van der Waals surface area contributed by atoms with E-state index < -0.39 is 37.4 Å². The summed E-state index contributed by atoms with van der Waals surface area (Å²) in [6.07, 6.45) is 13.1. The highest BCUT2D eigenvalue weighted by Gasteiger charge is 2.45. The molecule has 0 aromatic heterocycles. The number of aryl methyl sites for hydroxylation is 1. The molecular formula is C35H43N2O8S2-. The molecule has 0 radical (unpaired) electrons. The van der Waals surface area contributed by atoms with Gasteiger partial charge in [-0.25, -0.2) is 16.8 Å². The summed E-state index contributed by atoms with van der Waals surface area (Å²) in [6.45, 7) is 8.31. The molecule has 1 unspecified atom stereocenters. The van der Waals surface area contributed by atoms with Crippen molar-refractivity contribution in [3.05, 3.63) is 89.2 Å². The quantitative estimate of drug-likeness (QED) is 0.115. The van der Waals surface area contributed by atoms with Gasteiger partial charge in [0.05, 0.1) is 20.4 Å². The molecule has 2 aromatic rings. The predicted molar refractivity (Wildman–Crippen MR) is 180 cm³/mol. The smallest absolute Gasteiger partial charge is 0.303 e. The van der Waals surface area contributed by atoms with Gasteiger partial charge in [-0.3, -0.25) is 4.79 Å². The molecule has 47 heavy (non-hydrogen) atoms. The summed E-state index contributed by atoms with van der Waals surface area (Å²) in [7, 11) is -7.06. The van der Waals surface area contributed by atoms with Gasteiger partial charge in [0, 0.05) is 60.1 Å². The maximum atomic E-state index is 11.8. The summed E-state index contributed by atoms with van der Waals surface area (Å²) in [5.74, 6) is -1.32. The summed E-state index contributed by atoms with van der Waals surface area (Å²) < 4.78 is 71.1. The van der Waals surface area contributed by atoms with Crippen molar-refractivity contribution in [2.45, 2.75) is 81.9 Å². The van der Waals surface area contributed by atoms with Gasteiger partial charge in [0.1, 0.15) is 16.7 Å². The highest BCUT2D eigenvalue weighted by Crippen LogP contribution is 2.50. The Morgan fingerprint density at radius 3 is 2.32 bits per heavy atom. The Balaban J connectivity index is 1.64. The van der Waals surface area contributed by atoms with Gasteiger partial charge in [-0.1, -0.05) is 48.8 Å². The van der Waals surface area contributed by atoms with Crippen LogP contribution in [0.3, 0.4) is 0 Å². The Bertz CT molecular complexity index is 1890. The van der Waals surface area contributed by atoms with Crippen molar-refractivity contribution in [1.29, 1.82) is 0 Å². The molecule has 254 valence electrons. The van der Waals surface area contributed by atoms with Crippen molar-refractivity contribution in [3.63, 3.8) is 0 Å². The zero-order valence-corrected chi connectivity index (χ0v) is 29.2. The van der Waals surface area contributed by atoms with Crippen LogP contribution >= 0.6 is 0 Å². The Morgan fingerprint density at radius 2 is 1.66 bits per heavy atom. The summed E-state index contributed by atoms with van der Waals surface area (Å²) in [5, 5.41) is 9.02. The zero-order valence-electron chi connectivity index (χ0n) is 27.5. The van der Waals surface area contributed by atoms with Gasteiger partial charge in [-0.15, -0.1) is 0 Å². The van der Waals surface area contributed by atoms with E-state index in [1.165, 1.54) is 23.3 Å². The molecule has 1 atom stereocenters. The lowest BCUT2D eigenvalue weighted by Gasteiger charge is -2.29. The number of carboxylic acids is 1. The van der Waals surface area contributed by atoms with E-state index >= 15 is 0 Å². The summed E-state index contributed by atoms with van der Waals surface area (Å²) in [4.78, 5) is 12.8. The number of allylic oxidation sites excluding steroid dienone is 6. The number of nitrogens with zero attached hydrogens (tertiary/aromatic N) is 2. The Hall–Kier alpha value is -3.58. The molecule has 1 N–H and O–H groups in total. The molecule has 12 heteroatoms. The minimum atomic E-state index is -4.69. The molecule has 0 saturated heterocycles. The number of carboxylic acid groups (broad SMARTS) is 1. The second-order valence-corrected chi connectivity index (χ2v) is 16.0. The summed E-state index contributed by atoms with van der Waals surface area (Å²) in [6, 6.07) is 10.6. The molecule has 2 aromatic carbocycles. The van der Waals surface area contributed by atoms with Crippen LogP contribution in [0.25, 0.3) is 0 Å². The van der Waals surface area contributed by atoms with Crippen molar-refractivity contribution < 1.29 is 40.4 Å². The van der Waals surface area contributed by atoms with Crippen LogP contribution in [0.1, 0.15) is 76.0 Å². The van der Waals surface area contributed by atoms with E-state index in [0.29, 0.717) is 17.7 Å². The van der Waals surface area contributed by atoms with E-state index in [0.717, 1.165) is 36.4 Å². The Labute approximate surface area is 278 Å². The maximum absolute atomic E-state index is 11.8. The van der Waals surface area contributed by atoms with Gasteiger partial charge in [-0.2, -0.15) is 4.58 Å². The van der Waals surface area contributed by atoms with Gasteiger partial charge in [0.2, 0.25) is 5.69 Å². The molecule has 2 aliphatic rings. The van der Waals surface area contributed by atoms with Crippen molar-refractivity contribution in [2.24, 2.45) is 0 Å². The van der Waals surface area contributed by atoms with Crippen LogP contribution in [0.4, 0.5) is 11.4 Å². The van der Waals surface area contributed by atoms with Crippen molar-refractivity contribution in [1.82, 2.24) is 0 Å². The lowest BCUT2D eigenvalue weighted by molar-refractivity contribution is -0.437. The lowest BCUT2D eigenvalue weighted by atomic mass is 9.76. The average molecular weight is 684 g/mol. The van der Waals surface area contributed by atoms with Crippen LogP contribution in [0.15, 0.2) is 77.4 Å². The molecule has 0 spiro atoms.